The predicted molar refractivity (Wildman–Crippen MR) is 70.6 cm³/mol. The first kappa shape index (κ1) is 13.3. The van der Waals surface area contributed by atoms with Crippen LogP contribution in [-0.4, -0.2) is 29.1 Å². The average molecular weight is 264 g/mol. The van der Waals surface area contributed by atoms with Crippen molar-refractivity contribution in [3.05, 3.63) is 33.9 Å². The summed E-state index contributed by atoms with van der Waals surface area (Å²) in [5.41, 5.74) is 0.413. The Labute approximate surface area is 110 Å². The summed E-state index contributed by atoms with van der Waals surface area (Å²) in [7, 11) is 1.79. The molecule has 1 saturated carbocycles. The second-order valence-electron chi connectivity index (χ2n) is 4.95. The van der Waals surface area contributed by atoms with Crippen LogP contribution in [0, 0.1) is 16.0 Å². The zero-order valence-corrected chi connectivity index (χ0v) is 10.9. The average Bonchev–Trinajstić information content (AvgIpc) is 3.20. The summed E-state index contributed by atoms with van der Waals surface area (Å²) in [5, 5.41) is 20.0. The minimum Gasteiger partial charge on any atom is -0.478 e. The van der Waals surface area contributed by atoms with E-state index in [1.807, 2.05) is 11.8 Å². The largest absolute Gasteiger partial charge is 0.478 e. The van der Waals surface area contributed by atoms with E-state index in [0.29, 0.717) is 11.6 Å². The quantitative estimate of drug-likeness (QED) is 0.652. The molecule has 2 rings (SSSR count). The van der Waals surface area contributed by atoms with Gasteiger partial charge in [0.05, 0.1) is 16.2 Å². The maximum atomic E-state index is 11.2. The predicted octanol–water partition coefficient (Wildman–Crippen LogP) is 2.53. The third-order valence-corrected chi connectivity index (χ3v) is 3.72. The summed E-state index contributed by atoms with van der Waals surface area (Å²) in [6, 6.07) is 4.04. The second kappa shape index (κ2) is 4.87. The van der Waals surface area contributed by atoms with E-state index in [-0.39, 0.29) is 17.3 Å². The maximum Gasteiger partial charge on any atom is 0.337 e. The van der Waals surface area contributed by atoms with Crippen LogP contribution in [0.4, 0.5) is 11.4 Å². The Balaban J connectivity index is 2.41. The van der Waals surface area contributed by atoms with Crippen molar-refractivity contribution in [3.63, 3.8) is 0 Å². The Morgan fingerprint density at radius 3 is 2.63 bits per heavy atom. The number of carbonyl (C=O) groups is 1. The molecule has 1 N–H and O–H groups in total. The van der Waals surface area contributed by atoms with Crippen molar-refractivity contribution in [2.75, 3.05) is 11.9 Å². The summed E-state index contributed by atoms with van der Waals surface area (Å²) in [6.45, 7) is 2.02. The fraction of sp³-hybridized carbons (Fsp3) is 0.462. The second-order valence-corrected chi connectivity index (χ2v) is 4.95. The molecule has 0 amide bonds. The standard InChI is InChI=1S/C13H16N2O4/c1-8(9-3-4-9)14(2)12-7-10(15(18)19)5-6-11(12)13(16)17/h5-9H,3-4H2,1-2H3,(H,16,17). The number of aromatic carboxylic acids is 1. The van der Waals surface area contributed by atoms with Gasteiger partial charge in [0.25, 0.3) is 5.69 Å². The molecule has 1 unspecified atom stereocenters. The summed E-state index contributed by atoms with van der Waals surface area (Å²) < 4.78 is 0. The molecule has 0 aliphatic heterocycles. The highest BCUT2D eigenvalue weighted by atomic mass is 16.6. The molecule has 1 aromatic rings. The number of non-ortho nitro benzene ring substituents is 1. The first-order chi connectivity index (χ1) is 8.91. The lowest BCUT2D eigenvalue weighted by Gasteiger charge is -2.28. The van der Waals surface area contributed by atoms with Gasteiger partial charge in [-0.05, 0) is 31.7 Å². The molecule has 1 aromatic carbocycles. The van der Waals surface area contributed by atoms with Crippen LogP contribution in [0.5, 0.6) is 0 Å². The van der Waals surface area contributed by atoms with Crippen LogP contribution in [0.1, 0.15) is 30.1 Å². The van der Waals surface area contributed by atoms with Crippen LogP contribution in [0.25, 0.3) is 0 Å². The molecule has 19 heavy (non-hydrogen) atoms. The molecule has 102 valence electrons. The lowest BCUT2D eigenvalue weighted by Crippen LogP contribution is -2.31. The molecule has 0 radical (unpaired) electrons. The van der Waals surface area contributed by atoms with Gasteiger partial charge in [-0.3, -0.25) is 10.1 Å². The molecule has 0 bridgehead atoms. The van der Waals surface area contributed by atoms with Crippen molar-refractivity contribution in [2.45, 2.75) is 25.8 Å². The number of carboxylic acids is 1. The van der Waals surface area contributed by atoms with Crippen LogP contribution >= 0.6 is 0 Å². The molecular formula is C13H16N2O4. The Kier molecular flexibility index (Phi) is 3.42. The third kappa shape index (κ3) is 2.67. The van der Waals surface area contributed by atoms with Crippen LogP contribution in [0.3, 0.4) is 0 Å². The first-order valence-corrected chi connectivity index (χ1v) is 6.16. The summed E-state index contributed by atoms with van der Waals surface area (Å²) in [6.07, 6.45) is 2.26. The van der Waals surface area contributed by atoms with E-state index in [1.54, 1.807) is 7.05 Å². The lowest BCUT2D eigenvalue weighted by atomic mass is 10.1. The van der Waals surface area contributed by atoms with Crippen molar-refractivity contribution in [3.8, 4) is 0 Å². The number of nitro benzene ring substituents is 1. The number of carboxylic acid groups (broad SMARTS) is 1. The van der Waals surface area contributed by atoms with Gasteiger partial charge in [0.15, 0.2) is 0 Å². The highest BCUT2D eigenvalue weighted by Gasteiger charge is 2.32. The molecule has 1 fully saturated rings. The Hall–Kier alpha value is -2.11. The zero-order valence-electron chi connectivity index (χ0n) is 10.9. The van der Waals surface area contributed by atoms with Gasteiger partial charge in [0.2, 0.25) is 0 Å². The van der Waals surface area contributed by atoms with Crippen LogP contribution in [-0.2, 0) is 0 Å². The van der Waals surface area contributed by atoms with E-state index in [9.17, 15) is 20.0 Å². The molecule has 0 heterocycles. The normalized spacial score (nSPS) is 15.9. The van der Waals surface area contributed by atoms with Gasteiger partial charge in [-0.25, -0.2) is 4.79 Å². The van der Waals surface area contributed by atoms with Crippen LogP contribution in [0.2, 0.25) is 0 Å². The molecule has 0 spiro atoms. The van der Waals surface area contributed by atoms with Crippen molar-refractivity contribution in [1.29, 1.82) is 0 Å². The maximum absolute atomic E-state index is 11.2. The first-order valence-electron chi connectivity index (χ1n) is 6.16. The molecule has 0 saturated heterocycles. The molecule has 6 heteroatoms. The monoisotopic (exact) mass is 264 g/mol. The Morgan fingerprint density at radius 1 is 1.53 bits per heavy atom. The van der Waals surface area contributed by atoms with Crippen molar-refractivity contribution in [2.24, 2.45) is 5.92 Å². The van der Waals surface area contributed by atoms with Crippen LogP contribution < -0.4 is 4.90 Å². The van der Waals surface area contributed by atoms with E-state index in [0.717, 1.165) is 12.8 Å². The van der Waals surface area contributed by atoms with E-state index in [2.05, 4.69) is 0 Å². The molecular weight excluding hydrogens is 248 g/mol. The summed E-state index contributed by atoms with van der Waals surface area (Å²) >= 11 is 0. The minimum absolute atomic E-state index is 0.0881. The topological polar surface area (TPSA) is 83.7 Å². The fourth-order valence-corrected chi connectivity index (χ4v) is 2.22. The fourth-order valence-electron chi connectivity index (χ4n) is 2.22. The number of hydrogen-bond donors (Lipinski definition) is 1. The minimum atomic E-state index is -1.07. The van der Waals surface area contributed by atoms with Gasteiger partial charge in [-0.1, -0.05) is 0 Å². The van der Waals surface area contributed by atoms with Gasteiger partial charge >= 0.3 is 5.97 Å². The molecule has 6 nitrogen and oxygen atoms in total. The zero-order chi connectivity index (χ0) is 14.2. The van der Waals surface area contributed by atoms with Crippen molar-refractivity contribution >= 4 is 17.3 Å². The highest BCUT2D eigenvalue weighted by Crippen LogP contribution is 2.37. The lowest BCUT2D eigenvalue weighted by molar-refractivity contribution is -0.384. The molecule has 1 aliphatic rings. The number of nitro groups is 1. The Bertz CT molecular complexity index is 525. The number of benzene rings is 1. The van der Waals surface area contributed by atoms with Gasteiger partial charge < -0.3 is 10.0 Å². The van der Waals surface area contributed by atoms with Gasteiger partial charge in [0.1, 0.15) is 0 Å². The SMILES string of the molecule is CC(C1CC1)N(C)c1cc([N+](=O)[O-])ccc1C(=O)O. The van der Waals surface area contributed by atoms with E-state index in [4.69, 9.17) is 0 Å². The number of anilines is 1. The Morgan fingerprint density at radius 2 is 2.16 bits per heavy atom. The van der Waals surface area contributed by atoms with E-state index >= 15 is 0 Å². The van der Waals surface area contributed by atoms with Crippen molar-refractivity contribution < 1.29 is 14.8 Å². The van der Waals surface area contributed by atoms with Crippen LogP contribution in [0.15, 0.2) is 18.2 Å². The smallest absolute Gasteiger partial charge is 0.337 e. The molecule has 1 atom stereocenters. The molecule has 1 aliphatic carbocycles. The number of hydrogen-bond acceptors (Lipinski definition) is 4. The third-order valence-electron chi connectivity index (χ3n) is 3.72. The number of nitrogens with zero attached hydrogens (tertiary/aromatic N) is 2. The summed E-state index contributed by atoms with van der Waals surface area (Å²) in [4.78, 5) is 23.3. The van der Waals surface area contributed by atoms with E-state index < -0.39 is 10.9 Å². The van der Waals surface area contributed by atoms with Gasteiger partial charge in [-0.2, -0.15) is 0 Å². The molecule has 0 aromatic heterocycles. The van der Waals surface area contributed by atoms with E-state index in [1.165, 1.54) is 18.2 Å². The van der Waals surface area contributed by atoms with Gasteiger partial charge in [-0.15, -0.1) is 0 Å². The highest BCUT2D eigenvalue weighted by molar-refractivity contribution is 5.95. The van der Waals surface area contributed by atoms with Gasteiger partial charge in [0, 0.05) is 25.2 Å². The van der Waals surface area contributed by atoms with Crippen molar-refractivity contribution in [1.82, 2.24) is 0 Å². The summed E-state index contributed by atoms with van der Waals surface area (Å²) in [5.74, 6) is -0.523. The number of rotatable bonds is 5.